The number of nitrogens with zero attached hydrogens (tertiary/aromatic N) is 2. The zero-order chi connectivity index (χ0) is 26.6. The fourth-order valence-corrected chi connectivity index (χ4v) is 5.35. The lowest BCUT2D eigenvalue weighted by Gasteiger charge is -2.25. The zero-order valence-corrected chi connectivity index (χ0v) is 23.4. The Bertz CT molecular complexity index is 1090. The summed E-state index contributed by atoms with van der Waals surface area (Å²) in [5.41, 5.74) is 6.30. The Balaban J connectivity index is 1.28. The Kier molecular flexibility index (Phi) is 11.0. The number of carbonyl (C=O) groups excluding carboxylic acids is 1. The molecular formula is C34H45N3O. The average molecular weight is 512 g/mol. The van der Waals surface area contributed by atoms with Gasteiger partial charge in [-0.25, -0.2) is 0 Å². The molecule has 3 aromatic carbocycles. The molecule has 0 unspecified atom stereocenters. The quantitative estimate of drug-likeness (QED) is 0.249. The Hall–Kier alpha value is -2.95. The van der Waals surface area contributed by atoms with Gasteiger partial charge in [0.15, 0.2) is 0 Å². The first-order valence-corrected chi connectivity index (χ1v) is 14.4. The molecule has 1 aliphatic rings. The van der Waals surface area contributed by atoms with Crippen molar-refractivity contribution >= 4 is 5.91 Å². The standard InChI is InChI=1S/C34H45N3O/c1-36(2)24-25-37(34(38)21-16-28-10-6-7-11-28)27-31-14-19-33(20-15-31)32-17-12-30(13-18-32)26-35-23-22-29-8-4-3-5-9-29/h3-5,8-9,12-15,17-20,28,35H,6-7,10-11,16,21-27H2,1-2H3. The van der Waals surface area contributed by atoms with Crippen molar-refractivity contribution in [3.05, 3.63) is 95.6 Å². The van der Waals surface area contributed by atoms with Gasteiger partial charge < -0.3 is 15.1 Å². The van der Waals surface area contributed by atoms with Crippen molar-refractivity contribution in [1.29, 1.82) is 0 Å². The molecule has 1 N–H and O–H groups in total. The minimum absolute atomic E-state index is 0.302. The monoisotopic (exact) mass is 511 g/mol. The Morgan fingerprint density at radius 2 is 1.42 bits per heavy atom. The molecule has 4 rings (SSSR count). The maximum atomic E-state index is 13.1. The first kappa shape index (κ1) is 28.1. The van der Waals surface area contributed by atoms with Gasteiger partial charge in [-0.1, -0.05) is 105 Å². The lowest BCUT2D eigenvalue weighted by molar-refractivity contribution is -0.132. The molecule has 0 atom stereocenters. The summed E-state index contributed by atoms with van der Waals surface area (Å²) in [6.07, 6.45) is 8.06. The minimum Gasteiger partial charge on any atom is -0.337 e. The second-order valence-electron chi connectivity index (χ2n) is 11.1. The van der Waals surface area contributed by atoms with Crippen LogP contribution in [0.2, 0.25) is 0 Å². The average Bonchev–Trinajstić information content (AvgIpc) is 3.47. The first-order valence-electron chi connectivity index (χ1n) is 14.4. The molecule has 1 amide bonds. The van der Waals surface area contributed by atoms with Gasteiger partial charge in [-0.3, -0.25) is 4.79 Å². The van der Waals surface area contributed by atoms with E-state index in [1.807, 2.05) is 0 Å². The predicted octanol–water partition coefficient (Wildman–Crippen LogP) is 6.55. The predicted molar refractivity (Wildman–Crippen MR) is 159 cm³/mol. The number of rotatable bonds is 14. The van der Waals surface area contributed by atoms with Gasteiger partial charge in [0.25, 0.3) is 0 Å². The van der Waals surface area contributed by atoms with E-state index in [1.165, 1.54) is 53.5 Å². The third-order valence-corrected chi connectivity index (χ3v) is 7.79. The molecule has 0 spiro atoms. The summed E-state index contributed by atoms with van der Waals surface area (Å²) >= 11 is 0. The normalized spacial score (nSPS) is 13.8. The van der Waals surface area contributed by atoms with Gasteiger partial charge >= 0.3 is 0 Å². The topological polar surface area (TPSA) is 35.6 Å². The molecule has 202 valence electrons. The van der Waals surface area contributed by atoms with E-state index in [9.17, 15) is 4.79 Å². The zero-order valence-electron chi connectivity index (χ0n) is 23.4. The van der Waals surface area contributed by atoms with E-state index in [0.717, 1.165) is 44.9 Å². The van der Waals surface area contributed by atoms with Crippen molar-refractivity contribution in [3.63, 3.8) is 0 Å². The number of likely N-dealkylation sites (N-methyl/N-ethyl adjacent to an activating group) is 1. The van der Waals surface area contributed by atoms with Crippen molar-refractivity contribution in [1.82, 2.24) is 15.1 Å². The van der Waals surface area contributed by atoms with Crippen molar-refractivity contribution in [3.8, 4) is 11.1 Å². The van der Waals surface area contributed by atoms with Crippen LogP contribution in [0, 0.1) is 5.92 Å². The van der Waals surface area contributed by atoms with E-state index >= 15 is 0 Å². The van der Waals surface area contributed by atoms with Crippen molar-refractivity contribution in [2.75, 3.05) is 33.7 Å². The smallest absolute Gasteiger partial charge is 0.222 e. The van der Waals surface area contributed by atoms with Crippen LogP contribution in [-0.4, -0.2) is 49.4 Å². The van der Waals surface area contributed by atoms with E-state index in [4.69, 9.17) is 0 Å². The van der Waals surface area contributed by atoms with Gasteiger partial charge in [0, 0.05) is 32.6 Å². The summed E-state index contributed by atoms with van der Waals surface area (Å²) < 4.78 is 0. The van der Waals surface area contributed by atoms with E-state index in [2.05, 4.69) is 108 Å². The molecule has 38 heavy (non-hydrogen) atoms. The van der Waals surface area contributed by atoms with Gasteiger partial charge in [-0.15, -0.1) is 0 Å². The van der Waals surface area contributed by atoms with Crippen molar-refractivity contribution in [2.24, 2.45) is 5.92 Å². The molecule has 1 fully saturated rings. The van der Waals surface area contributed by atoms with Crippen molar-refractivity contribution in [2.45, 2.75) is 58.0 Å². The third kappa shape index (κ3) is 9.11. The largest absolute Gasteiger partial charge is 0.337 e. The molecule has 0 radical (unpaired) electrons. The molecule has 0 bridgehead atoms. The highest BCUT2D eigenvalue weighted by Gasteiger charge is 2.19. The van der Waals surface area contributed by atoms with Crippen LogP contribution < -0.4 is 5.32 Å². The second kappa shape index (κ2) is 14.8. The summed E-state index contributed by atoms with van der Waals surface area (Å²) in [6.45, 7) is 4.20. The van der Waals surface area contributed by atoms with Crippen LogP contribution in [0.15, 0.2) is 78.9 Å². The van der Waals surface area contributed by atoms with Gasteiger partial charge in [0.05, 0.1) is 0 Å². The maximum Gasteiger partial charge on any atom is 0.222 e. The van der Waals surface area contributed by atoms with Crippen LogP contribution in [-0.2, 0) is 24.3 Å². The molecule has 1 aliphatic carbocycles. The molecule has 3 aromatic rings. The third-order valence-electron chi connectivity index (χ3n) is 7.79. The molecule has 0 aromatic heterocycles. The van der Waals surface area contributed by atoms with E-state index in [-0.39, 0.29) is 0 Å². The van der Waals surface area contributed by atoms with Gasteiger partial charge in [0.1, 0.15) is 0 Å². The van der Waals surface area contributed by atoms with Crippen LogP contribution in [0.25, 0.3) is 11.1 Å². The van der Waals surface area contributed by atoms with Crippen LogP contribution in [0.4, 0.5) is 0 Å². The number of carbonyl (C=O) groups is 1. The molecule has 0 saturated heterocycles. The van der Waals surface area contributed by atoms with Gasteiger partial charge in [-0.05, 0) is 67.2 Å². The fourth-order valence-electron chi connectivity index (χ4n) is 5.35. The maximum absolute atomic E-state index is 13.1. The summed E-state index contributed by atoms with van der Waals surface area (Å²) in [6, 6.07) is 28.2. The number of benzene rings is 3. The number of hydrogen-bond acceptors (Lipinski definition) is 3. The molecule has 0 heterocycles. The summed E-state index contributed by atoms with van der Waals surface area (Å²) in [7, 11) is 4.14. The Morgan fingerprint density at radius 1 is 0.789 bits per heavy atom. The van der Waals surface area contributed by atoms with Crippen LogP contribution in [0.3, 0.4) is 0 Å². The SMILES string of the molecule is CN(C)CCN(Cc1ccc(-c2ccc(CNCCc3ccccc3)cc2)cc1)C(=O)CCC1CCCC1. The van der Waals surface area contributed by atoms with Gasteiger partial charge in [-0.2, -0.15) is 0 Å². The Morgan fingerprint density at radius 3 is 2.05 bits per heavy atom. The highest BCUT2D eigenvalue weighted by molar-refractivity contribution is 5.76. The summed E-state index contributed by atoms with van der Waals surface area (Å²) in [4.78, 5) is 17.3. The van der Waals surface area contributed by atoms with Crippen LogP contribution >= 0.6 is 0 Å². The first-order chi connectivity index (χ1) is 18.6. The summed E-state index contributed by atoms with van der Waals surface area (Å²) in [5.74, 6) is 1.06. The van der Waals surface area contributed by atoms with Crippen LogP contribution in [0.1, 0.15) is 55.2 Å². The van der Waals surface area contributed by atoms with Crippen LogP contribution in [0.5, 0.6) is 0 Å². The molecule has 4 heteroatoms. The minimum atomic E-state index is 0.302. The number of hydrogen-bond donors (Lipinski definition) is 1. The van der Waals surface area contributed by atoms with Gasteiger partial charge in [0.2, 0.25) is 5.91 Å². The molecule has 0 aliphatic heterocycles. The second-order valence-corrected chi connectivity index (χ2v) is 11.1. The number of nitrogens with one attached hydrogen (secondary N) is 1. The van der Waals surface area contributed by atoms with Crippen molar-refractivity contribution < 1.29 is 4.79 Å². The molecule has 1 saturated carbocycles. The highest BCUT2D eigenvalue weighted by Crippen LogP contribution is 2.29. The highest BCUT2D eigenvalue weighted by atomic mass is 16.2. The Labute approximate surface area is 230 Å². The van der Waals surface area contributed by atoms with E-state index in [1.54, 1.807) is 0 Å². The van der Waals surface area contributed by atoms with E-state index in [0.29, 0.717) is 18.9 Å². The molecular weight excluding hydrogens is 466 g/mol. The lowest BCUT2D eigenvalue weighted by Crippen LogP contribution is -2.36. The van der Waals surface area contributed by atoms with E-state index < -0.39 is 0 Å². The summed E-state index contributed by atoms with van der Waals surface area (Å²) in [5, 5.41) is 3.55. The lowest BCUT2D eigenvalue weighted by atomic mass is 10.0. The molecule has 4 nitrogen and oxygen atoms in total. The number of amides is 1. The fraction of sp³-hybridized carbons (Fsp3) is 0.441.